The summed E-state index contributed by atoms with van der Waals surface area (Å²) in [6, 6.07) is 12.3. The molecule has 1 aliphatic rings. The van der Waals surface area contributed by atoms with Crippen LogP contribution in [-0.4, -0.2) is 57.2 Å². The maximum absolute atomic E-state index is 12.8. The number of methoxy groups -OCH3 is 3. The number of carbonyl (C=O) groups excluding carboxylic acids is 3. The Morgan fingerprint density at radius 3 is 2.12 bits per heavy atom. The monoisotopic (exact) mass is 440 g/mol. The molecule has 0 aromatic heterocycles. The molecule has 1 fully saturated rings. The highest BCUT2D eigenvalue weighted by atomic mass is 16.5. The second-order valence-corrected chi connectivity index (χ2v) is 7.67. The van der Waals surface area contributed by atoms with Crippen molar-refractivity contribution in [3.8, 4) is 5.75 Å². The maximum Gasteiger partial charge on any atom is 0.337 e. The van der Waals surface area contributed by atoms with E-state index in [0.717, 1.165) is 38.2 Å². The molecule has 1 heterocycles. The van der Waals surface area contributed by atoms with E-state index in [9.17, 15) is 14.4 Å². The van der Waals surface area contributed by atoms with Gasteiger partial charge in [0.2, 0.25) is 5.91 Å². The van der Waals surface area contributed by atoms with E-state index in [2.05, 4.69) is 16.3 Å². The van der Waals surface area contributed by atoms with Crippen molar-refractivity contribution in [2.45, 2.75) is 19.4 Å². The SMILES string of the molecule is COC(=O)c1cc(NC(=O)C2CCN(Cc3cccc(OC)c3)CC2)cc(C(=O)OC)c1. The zero-order valence-corrected chi connectivity index (χ0v) is 18.6. The molecular weight excluding hydrogens is 412 g/mol. The van der Waals surface area contributed by atoms with E-state index in [-0.39, 0.29) is 23.0 Å². The van der Waals surface area contributed by atoms with Gasteiger partial charge < -0.3 is 19.5 Å². The molecule has 0 bridgehead atoms. The molecule has 8 nitrogen and oxygen atoms in total. The summed E-state index contributed by atoms with van der Waals surface area (Å²) in [7, 11) is 4.16. The maximum atomic E-state index is 12.8. The van der Waals surface area contributed by atoms with E-state index in [0.29, 0.717) is 5.69 Å². The minimum absolute atomic E-state index is 0.135. The van der Waals surface area contributed by atoms with Crippen molar-refractivity contribution < 1.29 is 28.6 Å². The van der Waals surface area contributed by atoms with Gasteiger partial charge in [-0.05, 0) is 61.8 Å². The van der Waals surface area contributed by atoms with E-state index in [4.69, 9.17) is 14.2 Å². The van der Waals surface area contributed by atoms with Gasteiger partial charge in [0.05, 0.1) is 32.5 Å². The molecule has 1 N–H and O–H groups in total. The molecule has 2 aromatic carbocycles. The van der Waals surface area contributed by atoms with Crippen LogP contribution in [0.3, 0.4) is 0 Å². The van der Waals surface area contributed by atoms with Gasteiger partial charge in [0.15, 0.2) is 0 Å². The highest BCUT2D eigenvalue weighted by molar-refractivity contribution is 5.99. The number of ether oxygens (including phenoxy) is 3. The number of nitrogens with one attached hydrogen (secondary N) is 1. The molecule has 170 valence electrons. The van der Waals surface area contributed by atoms with Crippen LogP contribution in [0, 0.1) is 5.92 Å². The molecule has 8 heteroatoms. The largest absolute Gasteiger partial charge is 0.497 e. The highest BCUT2D eigenvalue weighted by Crippen LogP contribution is 2.23. The van der Waals surface area contributed by atoms with Gasteiger partial charge in [0.1, 0.15) is 5.75 Å². The van der Waals surface area contributed by atoms with E-state index in [1.807, 2.05) is 18.2 Å². The summed E-state index contributed by atoms with van der Waals surface area (Å²) >= 11 is 0. The molecule has 0 saturated carbocycles. The molecule has 0 aliphatic carbocycles. The number of esters is 2. The molecule has 1 amide bonds. The third kappa shape index (κ3) is 5.85. The number of carbonyl (C=O) groups is 3. The van der Waals surface area contributed by atoms with E-state index in [1.54, 1.807) is 7.11 Å². The van der Waals surface area contributed by atoms with Gasteiger partial charge in [-0.3, -0.25) is 9.69 Å². The summed E-state index contributed by atoms with van der Waals surface area (Å²) in [6.07, 6.45) is 1.44. The quantitative estimate of drug-likeness (QED) is 0.661. The predicted molar refractivity (Wildman–Crippen MR) is 119 cm³/mol. The third-order valence-electron chi connectivity index (χ3n) is 5.54. The van der Waals surface area contributed by atoms with Crippen molar-refractivity contribution in [2.75, 3.05) is 39.7 Å². The second-order valence-electron chi connectivity index (χ2n) is 7.67. The van der Waals surface area contributed by atoms with Crippen molar-refractivity contribution in [3.05, 3.63) is 59.2 Å². The van der Waals surface area contributed by atoms with E-state index < -0.39 is 11.9 Å². The number of nitrogens with zero attached hydrogens (tertiary/aromatic N) is 1. The lowest BCUT2D eigenvalue weighted by Crippen LogP contribution is -2.37. The van der Waals surface area contributed by atoms with Gasteiger partial charge in [-0.25, -0.2) is 9.59 Å². The number of benzene rings is 2. The minimum atomic E-state index is -0.600. The third-order valence-corrected chi connectivity index (χ3v) is 5.54. The Balaban J connectivity index is 1.61. The second kappa shape index (κ2) is 10.8. The van der Waals surface area contributed by atoms with Crippen molar-refractivity contribution >= 4 is 23.5 Å². The smallest absolute Gasteiger partial charge is 0.337 e. The summed E-state index contributed by atoms with van der Waals surface area (Å²) in [4.78, 5) is 39.0. The van der Waals surface area contributed by atoms with Gasteiger partial charge in [-0.15, -0.1) is 0 Å². The van der Waals surface area contributed by atoms with Gasteiger partial charge >= 0.3 is 11.9 Å². The summed E-state index contributed by atoms with van der Waals surface area (Å²) in [6.45, 7) is 2.39. The first-order valence-corrected chi connectivity index (χ1v) is 10.4. The van der Waals surface area contributed by atoms with Crippen LogP contribution in [0.25, 0.3) is 0 Å². The molecule has 0 atom stereocenters. The van der Waals surface area contributed by atoms with Crippen molar-refractivity contribution in [1.29, 1.82) is 0 Å². The van der Waals surface area contributed by atoms with Crippen LogP contribution < -0.4 is 10.1 Å². The van der Waals surface area contributed by atoms with Gasteiger partial charge in [0.25, 0.3) is 0 Å². The first-order valence-electron chi connectivity index (χ1n) is 10.4. The van der Waals surface area contributed by atoms with Gasteiger partial charge in [-0.1, -0.05) is 12.1 Å². The summed E-state index contributed by atoms with van der Waals surface area (Å²) in [5.41, 5.74) is 1.86. The average molecular weight is 440 g/mol. The Kier molecular flexibility index (Phi) is 7.83. The number of anilines is 1. The van der Waals surface area contributed by atoms with E-state index in [1.165, 1.54) is 38.0 Å². The summed E-state index contributed by atoms with van der Waals surface area (Å²) in [5.74, 6) is -0.657. The normalized spacial score (nSPS) is 14.5. The van der Waals surface area contributed by atoms with Crippen molar-refractivity contribution in [3.63, 3.8) is 0 Å². The molecule has 1 aliphatic heterocycles. The molecule has 32 heavy (non-hydrogen) atoms. The fourth-order valence-corrected chi connectivity index (χ4v) is 3.80. The predicted octanol–water partition coefficient (Wildman–Crippen LogP) is 3.12. The Morgan fingerprint density at radius 1 is 0.938 bits per heavy atom. The number of hydrogen-bond donors (Lipinski definition) is 1. The van der Waals surface area contributed by atoms with Gasteiger partial charge in [0, 0.05) is 18.2 Å². The fourth-order valence-electron chi connectivity index (χ4n) is 3.80. The van der Waals surface area contributed by atoms with Crippen LogP contribution in [0.5, 0.6) is 5.75 Å². The lowest BCUT2D eigenvalue weighted by Gasteiger charge is -2.31. The van der Waals surface area contributed by atoms with Crippen LogP contribution in [0.15, 0.2) is 42.5 Å². The highest BCUT2D eigenvalue weighted by Gasteiger charge is 2.26. The molecule has 3 rings (SSSR count). The topological polar surface area (TPSA) is 94.2 Å². The molecule has 0 unspecified atom stereocenters. The first kappa shape index (κ1) is 23.3. The minimum Gasteiger partial charge on any atom is -0.497 e. The van der Waals surface area contributed by atoms with Crippen molar-refractivity contribution in [1.82, 2.24) is 4.90 Å². The van der Waals surface area contributed by atoms with Crippen LogP contribution in [0.4, 0.5) is 5.69 Å². The number of hydrogen-bond acceptors (Lipinski definition) is 7. The molecule has 0 spiro atoms. The zero-order valence-electron chi connectivity index (χ0n) is 18.6. The Bertz CT molecular complexity index is 948. The number of likely N-dealkylation sites (tertiary alicyclic amines) is 1. The fraction of sp³-hybridized carbons (Fsp3) is 0.375. The number of piperidine rings is 1. The molecule has 0 radical (unpaired) electrons. The lowest BCUT2D eigenvalue weighted by molar-refractivity contribution is -0.121. The van der Waals surface area contributed by atoms with Crippen LogP contribution in [0.2, 0.25) is 0 Å². The lowest BCUT2D eigenvalue weighted by atomic mass is 9.95. The number of rotatable bonds is 7. The van der Waals surface area contributed by atoms with E-state index >= 15 is 0 Å². The standard InChI is InChI=1S/C24H28N2O6/c1-30-21-6-4-5-16(11-21)15-26-9-7-17(8-10-26)22(27)25-20-13-18(23(28)31-2)12-19(14-20)24(29)32-3/h4-6,11-14,17H,7-10,15H2,1-3H3,(H,25,27). The molecule has 1 saturated heterocycles. The first-order chi connectivity index (χ1) is 15.4. The van der Waals surface area contributed by atoms with Crippen LogP contribution >= 0.6 is 0 Å². The van der Waals surface area contributed by atoms with Crippen molar-refractivity contribution in [2.24, 2.45) is 5.92 Å². The summed E-state index contributed by atoms with van der Waals surface area (Å²) < 4.78 is 14.8. The van der Waals surface area contributed by atoms with Gasteiger partial charge in [-0.2, -0.15) is 0 Å². The Morgan fingerprint density at radius 2 is 1.56 bits per heavy atom. The Hall–Kier alpha value is -3.39. The zero-order chi connectivity index (χ0) is 23.1. The van der Waals surface area contributed by atoms with Crippen LogP contribution in [0.1, 0.15) is 39.1 Å². The van der Waals surface area contributed by atoms with Crippen LogP contribution in [-0.2, 0) is 20.8 Å². The summed E-state index contributed by atoms with van der Waals surface area (Å²) in [5, 5.41) is 2.84. The molecular formula is C24H28N2O6. The molecule has 2 aromatic rings. The average Bonchev–Trinajstić information content (AvgIpc) is 2.83. The Labute approximate surface area is 187 Å². The number of amides is 1.